The number of carbonyl (C=O) groups excluding carboxylic acids is 2. The highest BCUT2D eigenvalue weighted by molar-refractivity contribution is 6.42. The van der Waals surface area contributed by atoms with Crippen molar-refractivity contribution in [3.05, 3.63) is 33.8 Å². The number of amides is 1. The van der Waals surface area contributed by atoms with Gasteiger partial charge >= 0.3 is 6.09 Å². The van der Waals surface area contributed by atoms with E-state index in [1.165, 1.54) is 12.1 Å². The molecule has 21 heavy (non-hydrogen) atoms. The molecule has 0 aliphatic heterocycles. The van der Waals surface area contributed by atoms with E-state index in [2.05, 4.69) is 5.32 Å². The van der Waals surface area contributed by atoms with Crippen LogP contribution in [0.3, 0.4) is 0 Å². The Morgan fingerprint density at radius 1 is 1.29 bits per heavy atom. The third-order valence-electron chi connectivity index (χ3n) is 2.41. The molecule has 0 unspecified atom stereocenters. The van der Waals surface area contributed by atoms with E-state index >= 15 is 0 Å². The smallest absolute Gasteiger partial charge is 0.408 e. The Balaban J connectivity index is 2.92. The molecule has 0 aromatic heterocycles. The molecule has 0 saturated heterocycles. The third-order valence-corrected chi connectivity index (χ3v) is 3.15. The lowest BCUT2D eigenvalue weighted by Gasteiger charge is -2.24. The maximum atomic E-state index is 11.8. The third kappa shape index (κ3) is 6.23. The summed E-state index contributed by atoms with van der Waals surface area (Å²) in [6, 6.07) is 3.78. The molecule has 116 valence electrons. The van der Waals surface area contributed by atoms with Crippen molar-refractivity contribution in [3.8, 4) is 0 Å². The zero-order chi connectivity index (χ0) is 16.2. The van der Waals surface area contributed by atoms with Gasteiger partial charge < -0.3 is 20.0 Å². The van der Waals surface area contributed by atoms with Crippen LogP contribution in [0.5, 0.6) is 0 Å². The van der Waals surface area contributed by atoms with E-state index in [9.17, 15) is 14.7 Å². The Morgan fingerprint density at radius 3 is 2.38 bits per heavy atom. The van der Waals surface area contributed by atoms with E-state index in [4.69, 9.17) is 27.9 Å². The van der Waals surface area contributed by atoms with Crippen molar-refractivity contribution in [3.63, 3.8) is 0 Å². The fourth-order valence-electron chi connectivity index (χ4n) is 1.60. The van der Waals surface area contributed by atoms with Gasteiger partial charge in [-0.1, -0.05) is 29.3 Å². The van der Waals surface area contributed by atoms with Gasteiger partial charge in [-0.3, -0.25) is 0 Å². The standard InChI is InChI=1S/C14H17Cl2NO4/c1-14(2,3)21-13(20)17-11(7-12(18)19)8-4-5-9(15)10(16)6-8/h4-6,11H,7H2,1-3H3,(H,17,20)(H,18,19)/p-1/t11-/m1/s1. The number of nitrogens with one attached hydrogen (secondary N) is 1. The lowest BCUT2D eigenvalue weighted by atomic mass is 10.0. The molecule has 0 heterocycles. The normalized spacial score (nSPS) is 12.6. The van der Waals surface area contributed by atoms with Gasteiger partial charge in [0.05, 0.1) is 16.1 Å². The lowest BCUT2D eigenvalue weighted by Crippen LogP contribution is -2.37. The van der Waals surface area contributed by atoms with Crippen LogP contribution in [0.1, 0.15) is 38.8 Å². The molecular formula is C14H16Cl2NO4-. The van der Waals surface area contributed by atoms with Crippen molar-refractivity contribution in [2.24, 2.45) is 0 Å². The minimum Gasteiger partial charge on any atom is -0.550 e. The summed E-state index contributed by atoms with van der Waals surface area (Å²) in [6.07, 6.45) is -1.13. The summed E-state index contributed by atoms with van der Waals surface area (Å²) < 4.78 is 5.10. The van der Waals surface area contributed by atoms with Crippen molar-refractivity contribution < 1.29 is 19.4 Å². The first-order valence-electron chi connectivity index (χ1n) is 6.23. The number of carboxylic acids is 1. The predicted molar refractivity (Wildman–Crippen MR) is 78.2 cm³/mol. The summed E-state index contributed by atoms with van der Waals surface area (Å²) in [5.41, 5.74) is -0.187. The maximum absolute atomic E-state index is 11.8. The van der Waals surface area contributed by atoms with Crippen molar-refractivity contribution >= 4 is 35.3 Å². The first-order valence-corrected chi connectivity index (χ1v) is 6.98. The summed E-state index contributed by atoms with van der Waals surface area (Å²) in [5.74, 6) is -1.30. The number of benzene rings is 1. The molecule has 0 bridgehead atoms. The monoisotopic (exact) mass is 332 g/mol. The number of halogens is 2. The fourth-order valence-corrected chi connectivity index (χ4v) is 1.90. The molecule has 1 atom stereocenters. The van der Waals surface area contributed by atoms with Crippen LogP contribution in [0.4, 0.5) is 4.79 Å². The second-order valence-corrected chi connectivity index (χ2v) is 6.26. The minimum absolute atomic E-state index is 0.267. The van der Waals surface area contributed by atoms with Gasteiger partial charge in [-0.2, -0.15) is 0 Å². The largest absolute Gasteiger partial charge is 0.550 e. The van der Waals surface area contributed by atoms with Gasteiger partial charge in [-0.05, 0) is 38.5 Å². The summed E-state index contributed by atoms with van der Waals surface area (Å²) in [7, 11) is 0. The van der Waals surface area contributed by atoms with Crippen molar-refractivity contribution in [2.45, 2.75) is 38.8 Å². The number of rotatable bonds is 4. The van der Waals surface area contributed by atoms with Gasteiger partial charge in [0.1, 0.15) is 5.60 Å². The highest BCUT2D eigenvalue weighted by atomic mass is 35.5. The molecule has 1 aromatic rings. The average molecular weight is 333 g/mol. The molecule has 1 N–H and O–H groups in total. The highest BCUT2D eigenvalue weighted by Crippen LogP contribution is 2.27. The van der Waals surface area contributed by atoms with Gasteiger partial charge in [0.25, 0.3) is 0 Å². The van der Waals surface area contributed by atoms with Crippen LogP contribution in [0.2, 0.25) is 10.0 Å². The molecule has 1 aromatic carbocycles. The Kier molecular flexibility index (Phi) is 5.87. The second kappa shape index (κ2) is 7.00. The van der Waals surface area contributed by atoms with Crippen LogP contribution in [0, 0.1) is 0 Å². The summed E-state index contributed by atoms with van der Waals surface area (Å²) in [5, 5.41) is 13.9. The van der Waals surface area contributed by atoms with Crippen LogP contribution in [-0.4, -0.2) is 17.7 Å². The SMILES string of the molecule is CC(C)(C)OC(=O)N[C@H](CC(=O)[O-])c1ccc(Cl)c(Cl)c1. The number of carboxylic acid groups (broad SMARTS) is 1. The molecule has 0 spiro atoms. The van der Waals surface area contributed by atoms with E-state index in [-0.39, 0.29) is 5.02 Å². The van der Waals surface area contributed by atoms with Crippen LogP contribution in [0.15, 0.2) is 18.2 Å². The van der Waals surface area contributed by atoms with E-state index < -0.39 is 30.1 Å². The molecule has 0 saturated carbocycles. The predicted octanol–water partition coefficient (Wildman–Crippen LogP) is 2.70. The van der Waals surface area contributed by atoms with E-state index in [1.54, 1.807) is 26.8 Å². The van der Waals surface area contributed by atoms with Gasteiger partial charge in [0.2, 0.25) is 0 Å². The Labute approximate surface area is 133 Å². The van der Waals surface area contributed by atoms with Crippen molar-refractivity contribution in [2.75, 3.05) is 0 Å². The number of aliphatic carboxylic acids is 1. The van der Waals surface area contributed by atoms with Crippen LogP contribution >= 0.6 is 23.2 Å². The molecule has 1 rings (SSSR count). The molecule has 0 aliphatic carbocycles. The Bertz CT molecular complexity index is 540. The summed E-state index contributed by atoms with van der Waals surface area (Å²) in [6.45, 7) is 5.12. The van der Waals surface area contributed by atoms with Crippen LogP contribution in [0.25, 0.3) is 0 Å². The average Bonchev–Trinajstić information content (AvgIpc) is 2.28. The fraction of sp³-hybridized carbons (Fsp3) is 0.429. The Morgan fingerprint density at radius 2 is 1.90 bits per heavy atom. The molecule has 1 amide bonds. The van der Waals surface area contributed by atoms with Crippen LogP contribution < -0.4 is 10.4 Å². The number of ether oxygens (including phenoxy) is 1. The first kappa shape index (κ1) is 17.6. The van der Waals surface area contributed by atoms with Crippen molar-refractivity contribution in [1.29, 1.82) is 0 Å². The van der Waals surface area contributed by atoms with Gasteiger partial charge in [0.15, 0.2) is 0 Å². The van der Waals surface area contributed by atoms with E-state index in [0.717, 1.165) is 0 Å². The Hall–Kier alpha value is -1.46. The van der Waals surface area contributed by atoms with Crippen LogP contribution in [-0.2, 0) is 9.53 Å². The maximum Gasteiger partial charge on any atom is 0.408 e. The molecule has 0 aliphatic rings. The quantitative estimate of drug-likeness (QED) is 0.919. The molecule has 7 heteroatoms. The van der Waals surface area contributed by atoms with Gasteiger partial charge in [-0.15, -0.1) is 0 Å². The molecule has 5 nitrogen and oxygen atoms in total. The number of alkyl carbamates (subject to hydrolysis) is 1. The zero-order valence-corrected chi connectivity index (χ0v) is 13.4. The highest BCUT2D eigenvalue weighted by Gasteiger charge is 2.21. The minimum atomic E-state index is -1.30. The molecular weight excluding hydrogens is 317 g/mol. The number of hydrogen-bond donors (Lipinski definition) is 1. The number of hydrogen-bond acceptors (Lipinski definition) is 4. The van der Waals surface area contributed by atoms with Gasteiger partial charge in [0, 0.05) is 12.4 Å². The van der Waals surface area contributed by atoms with E-state index in [0.29, 0.717) is 10.6 Å². The first-order chi connectivity index (χ1) is 9.58. The van der Waals surface area contributed by atoms with Gasteiger partial charge in [-0.25, -0.2) is 4.79 Å². The van der Waals surface area contributed by atoms with Crippen molar-refractivity contribution in [1.82, 2.24) is 5.32 Å². The van der Waals surface area contributed by atoms with E-state index in [1.807, 2.05) is 0 Å². The summed E-state index contributed by atoms with van der Waals surface area (Å²) >= 11 is 11.7. The lowest BCUT2D eigenvalue weighted by molar-refractivity contribution is -0.306. The number of carbonyl (C=O) groups is 2. The topological polar surface area (TPSA) is 78.5 Å². The molecule has 0 radical (unpaired) electrons. The molecule has 0 fully saturated rings. The summed E-state index contributed by atoms with van der Waals surface area (Å²) in [4.78, 5) is 22.6. The zero-order valence-electron chi connectivity index (χ0n) is 11.9. The second-order valence-electron chi connectivity index (χ2n) is 5.45.